The molecule has 0 aromatic carbocycles. The molecular weight excluding hydrogens is 383 g/mol. The quantitative estimate of drug-likeness (QED) is 0.733. The zero-order valence-electron chi connectivity index (χ0n) is 6.72. The summed E-state index contributed by atoms with van der Waals surface area (Å²) in [5.41, 5.74) is -0.669. The summed E-state index contributed by atoms with van der Waals surface area (Å²) in [5.74, 6) is 0. The first-order valence-electron chi connectivity index (χ1n) is 3.32. The van der Waals surface area contributed by atoms with Crippen LogP contribution in [0.3, 0.4) is 0 Å². The fraction of sp³-hybridized carbons (Fsp3) is 0.167. The van der Waals surface area contributed by atoms with Crippen molar-refractivity contribution >= 4 is 51.6 Å². The smallest absolute Gasteiger partial charge is 0.232 e. The molecule has 0 aliphatic rings. The van der Waals surface area contributed by atoms with Crippen LogP contribution in [-0.4, -0.2) is 13.4 Å². The molecule has 0 atom stereocenters. The van der Waals surface area contributed by atoms with Crippen LogP contribution in [0, 0.1) is 0 Å². The second-order valence-corrected chi connectivity index (χ2v) is 6.57. The van der Waals surface area contributed by atoms with Gasteiger partial charge in [0.2, 0.25) is 0 Å². The lowest BCUT2D eigenvalue weighted by molar-refractivity contribution is 0.144. The molecule has 1 rings (SSSR count). The number of hydrogen-bond donors (Lipinski definition) is 0. The molecule has 15 heavy (non-hydrogen) atoms. The van der Waals surface area contributed by atoms with Crippen LogP contribution in [0.15, 0.2) is 20.0 Å². The van der Waals surface area contributed by atoms with E-state index in [1.807, 2.05) is 0 Å². The summed E-state index contributed by atoms with van der Waals surface area (Å²) < 4.78 is 46.7. The fourth-order valence-electron chi connectivity index (χ4n) is 0.787. The van der Waals surface area contributed by atoms with Crippen molar-refractivity contribution in [1.29, 1.82) is 0 Å². The van der Waals surface area contributed by atoms with E-state index < -0.39 is 26.2 Å². The molecule has 0 radical (unpaired) electrons. The van der Waals surface area contributed by atoms with Crippen LogP contribution in [-0.2, 0) is 9.05 Å². The number of hydrogen-bond acceptors (Lipinski definition) is 3. The number of pyridine rings is 1. The lowest BCUT2D eigenvalue weighted by Gasteiger charge is -2.05. The molecule has 0 saturated carbocycles. The van der Waals surface area contributed by atoms with Crippen molar-refractivity contribution in [3.63, 3.8) is 0 Å². The van der Waals surface area contributed by atoms with Crippen LogP contribution in [0.5, 0.6) is 0 Å². The summed E-state index contributed by atoms with van der Waals surface area (Å²) in [7, 11) is 0.866. The van der Waals surface area contributed by atoms with E-state index in [9.17, 15) is 17.2 Å². The van der Waals surface area contributed by atoms with Gasteiger partial charge in [-0.25, -0.2) is 22.2 Å². The van der Waals surface area contributed by atoms with Crippen molar-refractivity contribution in [2.45, 2.75) is 11.5 Å². The number of alkyl halides is 2. The Hall–Kier alpha value is 0.210. The highest BCUT2D eigenvalue weighted by Crippen LogP contribution is 2.32. The Kier molecular flexibility index (Phi) is 4.07. The monoisotopic (exact) mass is 383 g/mol. The standard InChI is InChI=1S/C6H2Br2ClF2NO2S/c7-2-1-3(8)6(15(9,13)14)12-4(2)5(10)11/h1,5H. The molecular formula is C6H2Br2ClF2NO2S. The van der Waals surface area contributed by atoms with Gasteiger partial charge in [-0.1, -0.05) is 0 Å². The minimum absolute atomic E-state index is 0.00782. The van der Waals surface area contributed by atoms with E-state index in [1.165, 1.54) is 0 Å². The normalized spacial score (nSPS) is 12.1. The Morgan fingerprint density at radius 2 is 1.87 bits per heavy atom. The highest BCUT2D eigenvalue weighted by atomic mass is 79.9. The van der Waals surface area contributed by atoms with Crippen molar-refractivity contribution in [3.05, 3.63) is 20.7 Å². The zero-order valence-corrected chi connectivity index (χ0v) is 11.5. The maximum Gasteiger partial charge on any atom is 0.281 e. The average Bonchev–Trinajstić information content (AvgIpc) is 2.00. The molecule has 3 nitrogen and oxygen atoms in total. The molecule has 0 aliphatic heterocycles. The molecule has 0 amide bonds. The van der Waals surface area contributed by atoms with E-state index in [4.69, 9.17) is 10.7 Å². The van der Waals surface area contributed by atoms with Crippen LogP contribution in [0.2, 0.25) is 0 Å². The Bertz CT molecular complexity index is 494. The molecule has 1 heterocycles. The summed E-state index contributed by atoms with van der Waals surface area (Å²) >= 11 is 5.70. The number of rotatable bonds is 2. The first kappa shape index (κ1) is 13.3. The van der Waals surface area contributed by atoms with Crippen molar-refractivity contribution in [1.82, 2.24) is 4.98 Å². The summed E-state index contributed by atoms with van der Waals surface area (Å²) in [5, 5.41) is -0.623. The van der Waals surface area contributed by atoms with Gasteiger partial charge >= 0.3 is 0 Å². The Morgan fingerprint density at radius 3 is 2.27 bits per heavy atom. The third-order valence-corrected chi connectivity index (χ3v) is 4.08. The van der Waals surface area contributed by atoms with E-state index in [-0.39, 0.29) is 8.95 Å². The largest absolute Gasteiger partial charge is 0.281 e. The molecule has 0 spiro atoms. The van der Waals surface area contributed by atoms with Gasteiger partial charge in [-0.2, -0.15) is 0 Å². The molecule has 1 aromatic rings. The molecule has 0 saturated heterocycles. The predicted molar refractivity (Wildman–Crippen MR) is 57.6 cm³/mol. The van der Waals surface area contributed by atoms with E-state index >= 15 is 0 Å². The molecule has 0 bridgehead atoms. The average molecular weight is 385 g/mol. The van der Waals surface area contributed by atoms with Gasteiger partial charge in [0.05, 0.1) is 4.47 Å². The van der Waals surface area contributed by atoms with E-state index in [1.54, 1.807) is 0 Å². The van der Waals surface area contributed by atoms with Gasteiger partial charge < -0.3 is 0 Å². The number of aromatic nitrogens is 1. The van der Waals surface area contributed by atoms with Crippen LogP contribution >= 0.6 is 42.5 Å². The number of nitrogens with zero attached hydrogens (tertiary/aromatic N) is 1. The highest BCUT2D eigenvalue weighted by Gasteiger charge is 2.22. The molecule has 84 valence electrons. The van der Waals surface area contributed by atoms with Crippen LogP contribution in [0.25, 0.3) is 0 Å². The lowest BCUT2D eigenvalue weighted by Crippen LogP contribution is -2.02. The van der Waals surface area contributed by atoms with Crippen molar-refractivity contribution in [2.24, 2.45) is 0 Å². The van der Waals surface area contributed by atoms with E-state index in [0.29, 0.717) is 0 Å². The molecule has 0 aliphatic carbocycles. The summed E-state index contributed by atoms with van der Waals surface area (Å²) in [6.45, 7) is 0. The fourth-order valence-corrected chi connectivity index (χ4v) is 3.67. The van der Waals surface area contributed by atoms with Gasteiger partial charge in [-0.3, -0.25) is 0 Å². The predicted octanol–water partition coefficient (Wildman–Crippen LogP) is 3.47. The van der Waals surface area contributed by atoms with Crippen molar-refractivity contribution in [3.8, 4) is 0 Å². The highest BCUT2D eigenvalue weighted by molar-refractivity contribution is 9.11. The van der Waals surface area contributed by atoms with Gasteiger partial charge in [-0.15, -0.1) is 0 Å². The topological polar surface area (TPSA) is 47.0 Å². The summed E-state index contributed by atoms with van der Waals surface area (Å²) in [6, 6.07) is 1.16. The first-order chi connectivity index (χ1) is 6.73. The second kappa shape index (κ2) is 4.60. The van der Waals surface area contributed by atoms with E-state index in [2.05, 4.69) is 36.8 Å². The maximum atomic E-state index is 12.4. The Labute approximate surface area is 106 Å². The third kappa shape index (κ3) is 3.08. The van der Waals surface area contributed by atoms with Crippen molar-refractivity contribution in [2.75, 3.05) is 0 Å². The third-order valence-electron chi connectivity index (χ3n) is 1.36. The minimum atomic E-state index is -4.15. The van der Waals surface area contributed by atoms with E-state index in [0.717, 1.165) is 6.07 Å². The summed E-state index contributed by atoms with van der Waals surface area (Å²) in [4.78, 5) is 3.28. The Balaban J connectivity index is 3.50. The SMILES string of the molecule is O=S(=O)(Cl)c1nc(C(F)F)c(Br)cc1Br. The van der Waals surface area contributed by atoms with Gasteiger partial charge in [0.15, 0.2) is 5.03 Å². The Morgan fingerprint density at radius 1 is 1.33 bits per heavy atom. The van der Waals surface area contributed by atoms with Crippen LogP contribution in [0.1, 0.15) is 12.1 Å². The van der Waals surface area contributed by atoms with Gasteiger partial charge in [0.25, 0.3) is 15.5 Å². The van der Waals surface area contributed by atoms with Gasteiger partial charge in [0.1, 0.15) is 5.69 Å². The van der Waals surface area contributed by atoms with Gasteiger partial charge in [0, 0.05) is 15.2 Å². The minimum Gasteiger partial charge on any atom is -0.232 e. The van der Waals surface area contributed by atoms with Crippen molar-refractivity contribution < 1.29 is 17.2 Å². The molecule has 0 N–H and O–H groups in total. The molecule has 1 aromatic heterocycles. The first-order valence-corrected chi connectivity index (χ1v) is 7.21. The zero-order chi connectivity index (χ0) is 11.8. The maximum absolute atomic E-state index is 12.4. The van der Waals surface area contributed by atoms with Gasteiger partial charge in [-0.05, 0) is 37.9 Å². The molecule has 0 fully saturated rings. The lowest BCUT2D eigenvalue weighted by atomic mass is 10.4. The molecule has 9 heteroatoms. The summed E-state index contributed by atoms with van der Waals surface area (Å²) in [6.07, 6.45) is -2.88. The number of halogens is 5. The second-order valence-electron chi connectivity index (χ2n) is 2.38. The molecule has 0 unspecified atom stereocenters. The van der Waals surface area contributed by atoms with Crippen LogP contribution < -0.4 is 0 Å². The van der Waals surface area contributed by atoms with Crippen LogP contribution in [0.4, 0.5) is 8.78 Å².